The van der Waals surface area contributed by atoms with Crippen molar-refractivity contribution in [1.29, 1.82) is 0 Å². The Balaban J connectivity index is 2.34. The van der Waals surface area contributed by atoms with Crippen LogP contribution in [0.4, 0.5) is 5.00 Å². The Morgan fingerprint density at radius 2 is 1.91 bits per heavy atom. The first-order chi connectivity index (χ1) is 10.4. The molecule has 0 aliphatic heterocycles. The Labute approximate surface area is 147 Å². The van der Waals surface area contributed by atoms with Crippen LogP contribution in [0.5, 0.6) is 0 Å². The van der Waals surface area contributed by atoms with Crippen LogP contribution in [0.25, 0.3) is 0 Å². The van der Waals surface area contributed by atoms with Crippen molar-refractivity contribution in [2.24, 2.45) is 0 Å². The molecule has 22 heavy (non-hydrogen) atoms. The van der Waals surface area contributed by atoms with Crippen LogP contribution in [0.3, 0.4) is 0 Å². The highest BCUT2D eigenvalue weighted by molar-refractivity contribution is 14.1. The normalized spacial score (nSPS) is 10.6. The number of halogens is 1. The zero-order valence-electron chi connectivity index (χ0n) is 12.5. The van der Waals surface area contributed by atoms with Gasteiger partial charge in [-0.15, -0.1) is 11.3 Å². The van der Waals surface area contributed by atoms with Gasteiger partial charge in [-0.1, -0.05) is 26.0 Å². The molecule has 0 fully saturated rings. The van der Waals surface area contributed by atoms with E-state index in [2.05, 4.69) is 27.9 Å². The fourth-order valence-corrected chi connectivity index (χ4v) is 3.54. The fraction of sp³-hybridized carbons (Fsp3) is 0.250. The Hall–Kier alpha value is -1.41. The summed E-state index contributed by atoms with van der Waals surface area (Å²) in [5, 5.41) is 3.36. The number of ether oxygens (including phenoxy) is 1. The number of amides is 1. The lowest BCUT2D eigenvalue weighted by Gasteiger charge is -2.06. The molecular formula is C16H16INO3S. The van der Waals surface area contributed by atoms with Gasteiger partial charge in [0.05, 0.1) is 18.2 Å². The lowest BCUT2D eigenvalue weighted by atomic mass is 10.1. The van der Waals surface area contributed by atoms with E-state index in [-0.39, 0.29) is 11.8 Å². The van der Waals surface area contributed by atoms with Crippen LogP contribution in [-0.4, -0.2) is 19.0 Å². The topological polar surface area (TPSA) is 55.4 Å². The summed E-state index contributed by atoms with van der Waals surface area (Å²) < 4.78 is 5.66. The van der Waals surface area contributed by atoms with Crippen LogP contribution < -0.4 is 5.32 Å². The smallest absolute Gasteiger partial charge is 0.340 e. The first-order valence-corrected chi connectivity index (χ1v) is 8.61. The monoisotopic (exact) mass is 429 g/mol. The third kappa shape index (κ3) is 3.67. The molecule has 0 saturated carbocycles. The molecule has 0 spiro atoms. The maximum atomic E-state index is 12.4. The van der Waals surface area contributed by atoms with E-state index in [1.54, 1.807) is 12.1 Å². The third-order valence-corrected chi connectivity index (χ3v) is 5.36. The summed E-state index contributed by atoms with van der Waals surface area (Å²) >= 11 is 3.52. The number of rotatable bonds is 4. The van der Waals surface area contributed by atoms with Gasteiger partial charge in [-0.3, -0.25) is 4.79 Å². The Kier molecular flexibility index (Phi) is 5.57. The van der Waals surface area contributed by atoms with Crippen molar-refractivity contribution in [3.63, 3.8) is 0 Å². The molecule has 1 aromatic carbocycles. The van der Waals surface area contributed by atoms with Crippen molar-refractivity contribution in [1.82, 2.24) is 0 Å². The molecule has 116 valence electrons. The maximum Gasteiger partial charge on any atom is 0.340 e. The number of carbonyl (C=O) groups excluding carboxylic acids is 2. The van der Waals surface area contributed by atoms with Gasteiger partial charge < -0.3 is 10.1 Å². The van der Waals surface area contributed by atoms with Crippen molar-refractivity contribution in [2.75, 3.05) is 12.4 Å². The zero-order valence-corrected chi connectivity index (χ0v) is 15.4. The van der Waals surface area contributed by atoms with E-state index in [0.29, 0.717) is 16.1 Å². The molecule has 0 aliphatic rings. The molecule has 1 aromatic heterocycles. The molecule has 0 radical (unpaired) electrons. The highest BCUT2D eigenvalue weighted by Gasteiger charge is 2.20. The SMILES string of the molecule is COC(=O)c1cc(C(C)C)sc1NC(=O)c1ccccc1I. The van der Waals surface area contributed by atoms with Gasteiger partial charge >= 0.3 is 5.97 Å². The Morgan fingerprint density at radius 1 is 1.23 bits per heavy atom. The molecule has 0 aliphatic carbocycles. The molecule has 1 heterocycles. The largest absolute Gasteiger partial charge is 0.465 e. The van der Waals surface area contributed by atoms with Crippen molar-refractivity contribution < 1.29 is 14.3 Å². The van der Waals surface area contributed by atoms with E-state index >= 15 is 0 Å². The highest BCUT2D eigenvalue weighted by Crippen LogP contribution is 2.33. The van der Waals surface area contributed by atoms with Crippen LogP contribution in [0, 0.1) is 3.57 Å². The molecular weight excluding hydrogens is 413 g/mol. The molecule has 0 bridgehead atoms. The quantitative estimate of drug-likeness (QED) is 0.575. The predicted octanol–water partition coefficient (Wildman–Crippen LogP) is 4.52. The number of anilines is 1. The number of nitrogens with one attached hydrogen (secondary N) is 1. The van der Waals surface area contributed by atoms with Gasteiger partial charge in [0.1, 0.15) is 5.00 Å². The lowest BCUT2D eigenvalue weighted by molar-refractivity contribution is 0.0602. The van der Waals surface area contributed by atoms with Crippen LogP contribution in [0.1, 0.15) is 45.4 Å². The molecule has 2 rings (SSSR count). The summed E-state index contributed by atoms with van der Waals surface area (Å²) in [6.45, 7) is 4.08. The molecule has 0 atom stereocenters. The molecule has 1 N–H and O–H groups in total. The van der Waals surface area contributed by atoms with Crippen molar-refractivity contribution in [2.45, 2.75) is 19.8 Å². The second-order valence-corrected chi connectivity index (χ2v) is 7.22. The van der Waals surface area contributed by atoms with Crippen LogP contribution in [0.2, 0.25) is 0 Å². The molecule has 2 aromatic rings. The number of methoxy groups -OCH3 is 1. The van der Waals surface area contributed by atoms with E-state index in [4.69, 9.17) is 4.74 Å². The summed E-state index contributed by atoms with van der Waals surface area (Å²) in [5.41, 5.74) is 0.980. The summed E-state index contributed by atoms with van der Waals surface area (Å²) in [5.74, 6) is -0.399. The van der Waals surface area contributed by atoms with E-state index < -0.39 is 5.97 Å². The van der Waals surface area contributed by atoms with Gasteiger partial charge in [0, 0.05) is 8.45 Å². The summed E-state index contributed by atoms with van der Waals surface area (Å²) in [6.07, 6.45) is 0. The predicted molar refractivity (Wildman–Crippen MR) is 96.9 cm³/mol. The molecule has 0 saturated heterocycles. The van der Waals surface area contributed by atoms with Gasteiger partial charge in [0.2, 0.25) is 0 Å². The van der Waals surface area contributed by atoms with Crippen molar-refractivity contribution in [3.05, 3.63) is 49.9 Å². The average Bonchev–Trinajstić information content (AvgIpc) is 2.91. The lowest BCUT2D eigenvalue weighted by Crippen LogP contribution is -2.14. The molecule has 0 unspecified atom stereocenters. The van der Waals surface area contributed by atoms with E-state index in [0.717, 1.165) is 8.45 Å². The second kappa shape index (κ2) is 7.23. The van der Waals surface area contributed by atoms with Gasteiger partial charge in [-0.05, 0) is 46.7 Å². The standard InChI is InChI=1S/C16H16INO3S/c1-9(2)13-8-11(16(20)21-3)15(22-13)18-14(19)10-6-4-5-7-12(10)17/h4-9H,1-3H3,(H,18,19). The molecule has 6 heteroatoms. The number of esters is 1. The Morgan fingerprint density at radius 3 is 2.50 bits per heavy atom. The van der Waals surface area contributed by atoms with Crippen molar-refractivity contribution >= 4 is 50.8 Å². The van der Waals surface area contributed by atoms with Gasteiger partial charge in [-0.2, -0.15) is 0 Å². The van der Waals surface area contributed by atoms with Crippen LogP contribution in [-0.2, 0) is 4.74 Å². The second-order valence-electron chi connectivity index (χ2n) is 4.97. The molecule has 1 amide bonds. The minimum absolute atomic E-state index is 0.229. The maximum absolute atomic E-state index is 12.4. The number of benzene rings is 1. The van der Waals surface area contributed by atoms with E-state index in [9.17, 15) is 9.59 Å². The van der Waals surface area contributed by atoms with E-state index in [1.165, 1.54) is 18.4 Å². The number of thiophene rings is 1. The van der Waals surface area contributed by atoms with Crippen LogP contribution in [0.15, 0.2) is 30.3 Å². The van der Waals surface area contributed by atoms with Gasteiger partial charge in [0.15, 0.2) is 0 Å². The first-order valence-electron chi connectivity index (χ1n) is 6.72. The number of hydrogen-bond donors (Lipinski definition) is 1. The third-order valence-electron chi connectivity index (χ3n) is 3.07. The van der Waals surface area contributed by atoms with Gasteiger partial charge in [0.25, 0.3) is 5.91 Å². The number of hydrogen-bond acceptors (Lipinski definition) is 4. The summed E-state index contributed by atoms with van der Waals surface area (Å²) in [6, 6.07) is 9.09. The van der Waals surface area contributed by atoms with Gasteiger partial charge in [-0.25, -0.2) is 4.79 Å². The zero-order chi connectivity index (χ0) is 16.3. The minimum Gasteiger partial charge on any atom is -0.465 e. The fourth-order valence-electron chi connectivity index (χ4n) is 1.86. The highest BCUT2D eigenvalue weighted by atomic mass is 127. The minimum atomic E-state index is -0.443. The Bertz CT molecular complexity index is 709. The number of carbonyl (C=O) groups is 2. The molecule has 4 nitrogen and oxygen atoms in total. The average molecular weight is 429 g/mol. The first kappa shape index (κ1) is 17.0. The summed E-state index contributed by atoms with van der Waals surface area (Å²) in [4.78, 5) is 25.3. The van der Waals surface area contributed by atoms with Crippen molar-refractivity contribution in [3.8, 4) is 0 Å². The van der Waals surface area contributed by atoms with Crippen LogP contribution >= 0.6 is 33.9 Å². The van der Waals surface area contributed by atoms with E-state index in [1.807, 2.05) is 32.0 Å². The summed E-state index contributed by atoms with van der Waals surface area (Å²) in [7, 11) is 1.33.